The number of hydrogen-bond donors (Lipinski definition) is 0. The summed E-state index contributed by atoms with van der Waals surface area (Å²) in [6.45, 7) is 5.30. The lowest BCUT2D eigenvalue weighted by atomic mass is 10.1. The molecule has 1 aromatic heterocycles. The van der Waals surface area contributed by atoms with Gasteiger partial charge in [0.15, 0.2) is 5.75 Å². The Balaban J connectivity index is 1.84. The average Bonchev–Trinajstić information content (AvgIpc) is 3.14. The zero-order chi connectivity index (χ0) is 23.0. The van der Waals surface area contributed by atoms with Crippen molar-refractivity contribution in [1.82, 2.24) is 19.9 Å². The number of fused-ring (bicyclic) bond motifs is 2. The van der Waals surface area contributed by atoms with Crippen molar-refractivity contribution in [2.75, 3.05) is 14.1 Å². The van der Waals surface area contributed by atoms with Crippen molar-refractivity contribution in [2.24, 2.45) is 0 Å². The van der Waals surface area contributed by atoms with E-state index in [4.69, 9.17) is 9.47 Å². The molecule has 0 bridgehead atoms. The highest BCUT2D eigenvalue weighted by atomic mass is 16.7. The van der Waals surface area contributed by atoms with Gasteiger partial charge in [0.2, 0.25) is 0 Å². The van der Waals surface area contributed by atoms with Crippen molar-refractivity contribution in [3.05, 3.63) is 60.2 Å². The Morgan fingerprint density at radius 2 is 1.66 bits per heavy atom. The summed E-state index contributed by atoms with van der Waals surface area (Å²) in [5.41, 5.74) is 1.48. The second kappa shape index (κ2) is 7.96. The quantitative estimate of drug-likeness (QED) is 0.348. The Bertz CT molecular complexity index is 1340. The SMILES string of the molecule is CN(C)C(=O)c1ccc2nn(-c3c(OC(=O)OC(C)(C)C)ccc4ccccc34)nc2c1. The van der Waals surface area contributed by atoms with Gasteiger partial charge in [-0.05, 0) is 50.4 Å². The fourth-order valence-electron chi connectivity index (χ4n) is 3.29. The molecule has 0 radical (unpaired) electrons. The van der Waals surface area contributed by atoms with Gasteiger partial charge in [0, 0.05) is 25.0 Å². The lowest BCUT2D eigenvalue weighted by Crippen LogP contribution is -2.26. The molecule has 1 heterocycles. The molecule has 0 atom stereocenters. The molecule has 8 heteroatoms. The highest BCUT2D eigenvalue weighted by Crippen LogP contribution is 2.32. The number of aromatic nitrogens is 3. The van der Waals surface area contributed by atoms with Crippen LogP contribution in [0.4, 0.5) is 4.79 Å². The third kappa shape index (κ3) is 4.25. The third-order valence-corrected chi connectivity index (χ3v) is 4.68. The molecule has 4 aromatic rings. The van der Waals surface area contributed by atoms with E-state index in [1.807, 2.05) is 30.3 Å². The van der Waals surface area contributed by atoms with E-state index in [1.54, 1.807) is 59.1 Å². The number of benzene rings is 3. The van der Waals surface area contributed by atoms with Gasteiger partial charge in [-0.2, -0.15) is 0 Å². The zero-order valence-electron chi connectivity index (χ0n) is 18.6. The van der Waals surface area contributed by atoms with Gasteiger partial charge in [0.1, 0.15) is 22.3 Å². The largest absolute Gasteiger partial charge is 0.514 e. The summed E-state index contributed by atoms with van der Waals surface area (Å²) in [6.07, 6.45) is -0.815. The summed E-state index contributed by atoms with van der Waals surface area (Å²) in [6, 6.07) is 16.4. The van der Waals surface area contributed by atoms with E-state index in [-0.39, 0.29) is 11.7 Å². The van der Waals surface area contributed by atoms with E-state index in [9.17, 15) is 9.59 Å². The van der Waals surface area contributed by atoms with Gasteiger partial charge >= 0.3 is 6.16 Å². The van der Waals surface area contributed by atoms with Crippen LogP contribution in [0.3, 0.4) is 0 Å². The molecule has 0 N–H and O–H groups in total. The number of carbonyl (C=O) groups is 2. The minimum absolute atomic E-state index is 0.124. The Hall–Kier alpha value is -3.94. The third-order valence-electron chi connectivity index (χ3n) is 4.68. The second-order valence-corrected chi connectivity index (χ2v) is 8.59. The molecule has 0 aliphatic heterocycles. The van der Waals surface area contributed by atoms with E-state index >= 15 is 0 Å². The van der Waals surface area contributed by atoms with Gasteiger partial charge in [-0.15, -0.1) is 15.0 Å². The van der Waals surface area contributed by atoms with Crippen molar-refractivity contribution in [2.45, 2.75) is 26.4 Å². The molecule has 0 aliphatic rings. The van der Waals surface area contributed by atoms with Crippen LogP contribution >= 0.6 is 0 Å². The number of hydrogen-bond acceptors (Lipinski definition) is 6. The van der Waals surface area contributed by atoms with Crippen molar-refractivity contribution in [3.63, 3.8) is 0 Å². The molecule has 0 saturated heterocycles. The smallest absolute Gasteiger partial charge is 0.428 e. The van der Waals surface area contributed by atoms with Crippen LogP contribution in [-0.2, 0) is 4.74 Å². The summed E-state index contributed by atoms with van der Waals surface area (Å²) < 4.78 is 10.9. The number of ether oxygens (including phenoxy) is 2. The molecule has 0 aliphatic carbocycles. The molecule has 1 amide bonds. The fraction of sp³-hybridized carbons (Fsp3) is 0.250. The molecule has 164 valence electrons. The van der Waals surface area contributed by atoms with Crippen LogP contribution < -0.4 is 4.74 Å². The Morgan fingerprint density at radius 1 is 0.938 bits per heavy atom. The van der Waals surface area contributed by atoms with Crippen molar-refractivity contribution in [3.8, 4) is 11.4 Å². The zero-order valence-corrected chi connectivity index (χ0v) is 18.6. The molecular formula is C24H24N4O4. The van der Waals surface area contributed by atoms with Gasteiger partial charge in [-0.3, -0.25) is 4.79 Å². The molecule has 0 fully saturated rings. The predicted octanol–water partition coefficient (Wildman–Crippen LogP) is 4.59. The van der Waals surface area contributed by atoms with Crippen LogP contribution in [0.25, 0.3) is 27.5 Å². The summed E-state index contributed by atoms with van der Waals surface area (Å²) in [5.74, 6) is 0.142. The lowest BCUT2D eigenvalue weighted by Gasteiger charge is -2.19. The predicted molar refractivity (Wildman–Crippen MR) is 121 cm³/mol. The van der Waals surface area contributed by atoms with Crippen molar-refractivity contribution >= 4 is 33.9 Å². The van der Waals surface area contributed by atoms with Crippen LogP contribution in [0.15, 0.2) is 54.6 Å². The van der Waals surface area contributed by atoms with Crippen LogP contribution in [0, 0.1) is 0 Å². The molecule has 0 saturated carbocycles. The summed E-state index contributed by atoms with van der Waals surface area (Å²) in [7, 11) is 3.39. The van der Waals surface area contributed by atoms with Gasteiger partial charge < -0.3 is 14.4 Å². The monoisotopic (exact) mass is 432 g/mol. The number of rotatable bonds is 3. The fourth-order valence-corrected chi connectivity index (χ4v) is 3.29. The molecular weight excluding hydrogens is 408 g/mol. The summed E-state index contributed by atoms with van der Waals surface area (Å²) in [4.78, 5) is 27.6. The van der Waals surface area contributed by atoms with Crippen molar-refractivity contribution < 1.29 is 19.1 Å². The number of amides is 1. The van der Waals surface area contributed by atoms with Crippen LogP contribution in [-0.4, -0.2) is 51.7 Å². The second-order valence-electron chi connectivity index (χ2n) is 8.59. The minimum atomic E-state index is -0.815. The van der Waals surface area contributed by atoms with E-state index in [1.165, 1.54) is 9.70 Å². The topological polar surface area (TPSA) is 86.6 Å². The first-order valence-corrected chi connectivity index (χ1v) is 10.1. The van der Waals surface area contributed by atoms with Crippen LogP contribution in [0.5, 0.6) is 5.75 Å². The first kappa shape index (κ1) is 21.3. The first-order chi connectivity index (χ1) is 15.1. The molecule has 8 nitrogen and oxygen atoms in total. The molecule has 3 aromatic carbocycles. The lowest BCUT2D eigenvalue weighted by molar-refractivity contribution is 0.0206. The maximum Gasteiger partial charge on any atom is 0.514 e. The molecule has 0 spiro atoms. The summed E-state index contributed by atoms with van der Waals surface area (Å²) in [5, 5.41) is 10.9. The highest BCUT2D eigenvalue weighted by molar-refractivity contribution is 5.97. The van der Waals surface area contributed by atoms with E-state index in [0.29, 0.717) is 22.3 Å². The van der Waals surface area contributed by atoms with Gasteiger partial charge in [-0.25, -0.2) is 4.79 Å². The maximum atomic E-state index is 12.4. The van der Waals surface area contributed by atoms with E-state index in [0.717, 1.165) is 10.8 Å². The highest BCUT2D eigenvalue weighted by Gasteiger charge is 2.22. The standard InChI is InChI=1S/C24H24N4O4/c1-24(2,3)32-23(30)31-20-13-11-15-8-6-7-9-17(15)21(20)28-25-18-12-10-16(14-19(18)26-28)22(29)27(4)5/h6-14H,1-5H3. The van der Waals surface area contributed by atoms with Crippen LogP contribution in [0.1, 0.15) is 31.1 Å². The number of nitrogens with zero attached hydrogens (tertiary/aromatic N) is 4. The molecule has 4 rings (SSSR count). The normalized spacial score (nSPS) is 11.5. The first-order valence-electron chi connectivity index (χ1n) is 10.1. The van der Waals surface area contributed by atoms with Crippen molar-refractivity contribution in [1.29, 1.82) is 0 Å². The average molecular weight is 432 g/mol. The Kier molecular flexibility index (Phi) is 5.30. The Labute approximate surface area is 185 Å². The van der Waals surface area contributed by atoms with E-state index < -0.39 is 11.8 Å². The maximum absolute atomic E-state index is 12.4. The molecule has 0 unspecified atom stereocenters. The molecule has 32 heavy (non-hydrogen) atoms. The Morgan fingerprint density at radius 3 is 2.38 bits per heavy atom. The van der Waals surface area contributed by atoms with E-state index in [2.05, 4.69) is 10.2 Å². The minimum Gasteiger partial charge on any atom is -0.428 e. The number of carbonyl (C=O) groups excluding carboxylic acids is 2. The van der Waals surface area contributed by atoms with Crippen LogP contribution in [0.2, 0.25) is 0 Å². The van der Waals surface area contributed by atoms with Gasteiger partial charge in [0.25, 0.3) is 5.91 Å². The van der Waals surface area contributed by atoms with Gasteiger partial charge in [-0.1, -0.05) is 30.3 Å². The summed E-state index contributed by atoms with van der Waals surface area (Å²) >= 11 is 0. The van der Waals surface area contributed by atoms with Gasteiger partial charge in [0.05, 0.1) is 0 Å².